The predicted molar refractivity (Wildman–Crippen MR) is 81.5 cm³/mol. The molecule has 0 fully saturated rings. The van der Waals surface area contributed by atoms with Crippen LogP contribution in [0.1, 0.15) is 19.1 Å². The number of rotatable bonds is 6. The van der Waals surface area contributed by atoms with Crippen molar-refractivity contribution in [3.63, 3.8) is 0 Å². The fourth-order valence-electron chi connectivity index (χ4n) is 2.28. The van der Waals surface area contributed by atoms with Crippen molar-refractivity contribution in [1.82, 2.24) is 15.0 Å². The Bertz CT molecular complexity index is 661. The Hall–Kier alpha value is -2.56. The van der Waals surface area contributed by atoms with Gasteiger partial charge in [-0.1, -0.05) is 17.3 Å². The number of anilines is 1. The Kier molecular flexibility index (Phi) is 4.00. The molecule has 0 aliphatic rings. The van der Waals surface area contributed by atoms with Crippen molar-refractivity contribution in [3.05, 3.63) is 60.8 Å². The second kappa shape index (κ2) is 6.26. The minimum atomic E-state index is 0.333. The number of hydrogen-bond donors (Lipinski definition) is 1. The lowest BCUT2D eigenvalue weighted by Crippen LogP contribution is -2.17. The number of aryl methyl sites for hydroxylation is 1. The Morgan fingerprint density at radius 3 is 2.90 bits per heavy atom. The number of aromatic nitrogens is 3. The van der Waals surface area contributed by atoms with Gasteiger partial charge in [0.05, 0.1) is 30.0 Å². The summed E-state index contributed by atoms with van der Waals surface area (Å²) in [6.45, 7) is 2.17. The highest BCUT2D eigenvalue weighted by Gasteiger charge is 2.09. The zero-order chi connectivity index (χ0) is 14.5. The van der Waals surface area contributed by atoms with E-state index in [0.29, 0.717) is 6.04 Å². The van der Waals surface area contributed by atoms with Gasteiger partial charge in [-0.05, 0) is 37.6 Å². The van der Waals surface area contributed by atoms with Gasteiger partial charge in [0.1, 0.15) is 5.76 Å². The fraction of sp³-hybridized carbons (Fsp3) is 0.250. The van der Waals surface area contributed by atoms with Gasteiger partial charge in [0.15, 0.2) is 0 Å². The van der Waals surface area contributed by atoms with Crippen molar-refractivity contribution < 1.29 is 4.42 Å². The van der Waals surface area contributed by atoms with Crippen LogP contribution in [0.5, 0.6) is 0 Å². The molecule has 0 spiro atoms. The molecular formula is C16H18N4O. The standard InChI is InChI=1S/C16H18N4O/c1-13(8-9-14-5-4-12-21-14)18-15-6-2-3-7-16(15)20-11-10-17-19-20/h2-7,10-13,18H,8-9H2,1H3. The molecule has 5 nitrogen and oxygen atoms in total. The lowest BCUT2D eigenvalue weighted by atomic mass is 10.1. The van der Waals surface area contributed by atoms with E-state index < -0.39 is 0 Å². The van der Waals surface area contributed by atoms with Crippen LogP contribution < -0.4 is 5.32 Å². The van der Waals surface area contributed by atoms with Gasteiger partial charge >= 0.3 is 0 Å². The van der Waals surface area contributed by atoms with Crippen LogP contribution in [-0.4, -0.2) is 21.0 Å². The van der Waals surface area contributed by atoms with E-state index in [1.165, 1.54) is 0 Å². The molecule has 0 aliphatic carbocycles. The van der Waals surface area contributed by atoms with E-state index in [1.54, 1.807) is 17.1 Å². The molecule has 21 heavy (non-hydrogen) atoms. The number of para-hydroxylation sites is 2. The summed E-state index contributed by atoms with van der Waals surface area (Å²) in [5.74, 6) is 1.02. The van der Waals surface area contributed by atoms with Gasteiger partial charge in [0.2, 0.25) is 0 Å². The van der Waals surface area contributed by atoms with E-state index in [0.717, 1.165) is 30.0 Å². The second-order valence-electron chi connectivity index (χ2n) is 5.03. The first kappa shape index (κ1) is 13.4. The molecule has 0 saturated heterocycles. The average Bonchev–Trinajstić information content (AvgIpc) is 3.19. The maximum Gasteiger partial charge on any atom is 0.103 e. The predicted octanol–water partition coefficient (Wildman–Crippen LogP) is 3.29. The van der Waals surface area contributed by atoms with E-state index in [9.17, 15) is 0 Å². The molecule has 0 bridgehead atoms. The minimum absolute atomic E-state index is 0.333. The summed E-state index contributed by atoms with van der Waals surface area (Å²) in [5, 5.41) is 11.4. The molecule has 0 saturated carbocycles. The molecule has 1 aromatic carbocycles. The molecule has 0 amide bonds. The number of nitrogens with one attached hydrogen (secondary N) is 1. The molecule has 2 heterocycles. The van der Waals surface area contributed by atoms with E-state index in [4.69, 9.17) is 4.42 Å². The average molecular weight is 282 g/mol. The first-order valence-corrected chi connectivity index (χ1v) is 7.07. The Labute approximate surface area is 123 Å². The van der Waals surface area contributed by atoms with Gasteiger partial charge in [-0.2, -0.15) is 0 Å². The maximum absolute atomic E-state index is 5.37. The molecule has 3 aromatic rings. The van der Waals surface area contributed by atoms with Crippen molar-refractivity contribution >= 4 is 5.69 Å². The van der Waals surface area contributed by atoms with Crippen molar-refractivity contribution in [2.24, 2.45) is 0 Å². The first-order chi connectivity index (χ1) is 10.3. The Balaban J connectivity index is 1.67. The zero-order valence-corrected chi connectivity index (χ0v) is 11.9. The van der Waals surface area contributed by atoms with Crippen LogP contribution in [0.25, 0.3) is 5.69 Å². The smallest absolute Gasteiger partial charge is 0.103 e. The van der Waals surface area contributed by atoms with Crippen LogP contribution in [0.15, 0.2) is 59.5 Å². The molecule has 108 valence electrons. The number of benzene rings is 1. The molecular weight excluding hydrogens is 264 g/mol. The summed E-state index contributed by atoms with van der Waals surface area (Å²) in [6.07, 6.45) is 7.16. The summed E-state index contributed by atoms with van der Waals surface area (Å²) in [7, 11) is 0. The molecule has 1 N–H and O–H groups in total. The molecule has 5 heteroatoms. The van der Waals surface area contributed by atoms with E-state index in [1.807, 2.05) is 36.5 Å². The van der Waals surface area contributed by atoms with Crippen LogP contribution >= 0.6 is 0 Å². The largest absolute Gasteiger partial charge is 0.469 e. The monoisotopic (exact) mass is 282 g/mol. The minimum Gasteiger partial charge on any atom is -0.469 e. The molecule has 1 unspecified atom stereocenters. The fourth-order valence-corrected chi connectivity index (χ4v) is 2.28. The first-order valence-electron chi connectivity index (χ1n) is 7.07. The van der Waals surface area contributed by atoms with Crippen molar-refractivity contribution in [2.45, 2.75) is 25.8 Å². The molecule has 0 aliphatic heterocycles. The van der Waals surface area contributed by atoms with Crippen molar-refractivity contribution in [2.75, 3.05) is 5.32 Å². The Morgan fingerprint density at radius 2 is 2.14 bits per heavy atom. The lowest BCUT2D eigenvalue weighted by Gasteiger charge is -2.17. The normalized spacial score (nSPS) is 12.2. The number of nitrogens with zero attached hydrogens (tertiary/aromatic N) is 3. The molecule has 0 radical (unpaired) electrons. The summed E-state index contributed by atoms with van der Waals surface area (Å²) in [4.78, 5) is 0. The van der Waals surface area contributed by atoms with Gasteiger partial charge in [0, 0.05) is 12.5 Å². The summed E-state index contributed by atoms with van der Waals surface area (Å²) in [6, 6.07) is 12.4. The number of furan rings is 1. The van der Waals surface area contributed by atoms with Crippen molar-refractivity contribution in [1.29, 1.82) is 0 Å². The van der Waals surface area contributed by atoms with Gasteiger partial charge in [-0.25, -0.2) is 4.68 Å². The van der Waals surface area contributed by atoms with Crippen LogP contribution in [0, 0.1) is 0 Å². The number of hydrogen-bond acceptors (Lipinski definition) is 4. The highest BCUT2D eigenvalue weighted by Crippen LogP contribution is 2.20. The SMILES string of the molecule is CC(CCc1ccco1)Nc1ccccc1-n1ccnn1. The van der Waals surface area contributed by atoms with Gasteiger partial charge in [-0.3, -0.25) is 0 Å². The van der Waals surface area contributed by atoms with Crippen LogP contribution in [0.2, 0.25) is 0 Å². The maximum atomic E-state index is 5.37. The van der Waals surface area contributed by atoms with Crippen LogP contribution in [0.3, 0.4) is 0 Å². The summed E-state index contributed by atoms with van der Waals surface area (Å²) < 4.78 is 7.13. The van der Waals surface area contributed by atoms with Gasteiger partial charge < -0.3 is 9.73 Å². The summed E-state index contributed by atoms with van der Waals surface area (Å²) in [5.41, 5.74) is 2.05. The lowest BCUT2D eigenvalue weighted by molar-refractivity contribution is 0.495. The van der Waals surface area contributed by atoms with Crippen LogP contribution in [-0.2, 0) is 6.42 Å². The topological polar surface area (TPSA) is 55.9 Å². The third kappa shape index (κ3) is 3.31. The Morgan fingerprint density at radius 1 is 1.24 bits per heavy atom. The highest BCUT2D eigenvalue weighted by molar-refractivity contribution is 5.60. The third-order valence-corrected chi connectivity index (χ3v) is 3.38. The van der Waals surface area contributed by atoms with E-state index in [-0.39, 0.29) is 0 Å². The van der Waals surface area contributed by atoms with Crippen LogP contribution in [0.4, 0.5) is 5.69 Å². The van der Waals surface area contributed by atoms with Gasteiger partial charge in [-0.15, -0.1) is 5.10 Å². The highest BCUT2D eigenvalue weighted by atomic mass is 16.3. The molecule has 1 atom stereocenters. The molecule has 2 aromatic heterocycles. The summed E-state index contributed by atoms with van der Waals surface area (Å²) >= 11 is 0. The van der Waals surface area contributed by atoms with E-state index >= 15 is 0 Å². The quantitative estimate of drug-likeness (QED) is 0.753. The van der Waals surface area contributed by atoms with E-state index in [2.05, 4.69) is 28.6 Å². The third-order valence-electron chi connectivity index (χ3n) is 3.38. The molecule has 3 rings (SSSR count). The van der Waals surface area contributed by atoms with Gasteiger partial charge in [0.25, 0.3) is 0 Å². The zero-order valence-electron chi connectivity index (χ0n) is 11.9. The second-order valence-corrected chi connectivity index (χ2v) is 5.03. The van der Waals surface area contributed by atoms with Crippen molar-refractivity contribution in [3.8, 4) is 5.69 Å².